The fourth-order valence-electron chi connectivity index (χ4n) is 2.81. The molecule has 3 nitrogen and oxygen atoms in total. The molecule has 3 heteroatoms. The molecule has 1 amide bonds. The van der Waals surface area contributed by atoms with Crippen LogP contribution in [0.1, 0.15) is 32.6 Å². The fraction of sp³-hybridized carbons (Fsp3) is 0.174. The van der Waals surface area contributed by atoms with Gasteiger partial charge < -0.3 is 10.6 Å². The second-order valence-electron chi connectivity index (χ2n) is 6.70. The molecule has 0 unspecified atom stereocenters. The van der Waals surface area contributed by atoms with Crippen LogP contribution in [0.15, 0.2) is 72.8 Å². The van der Waals surface area contributed by atoms with Gasteiger partial charge in [0.25, 0.3) is 5.91 Å². The molecule has 0 fully saturated rings. The predicted molar refractivity (Wildman–Crippen MR) is 106 cm³/mol. The molecular formula is C23H25N2O+. The van der Waals surface area contributed by atoms with Gasteiger partial charge in [-0.2, -0.15) is 0 Å². The van der Waals surface area contributed by atoms with Crippen LogP contribution in [0.3, 0.4) is 0 Å². The van der Waals surface area contributed by atoms with Crippen LogP contribution >= 0.6 is 0 Å². The third-order valence-electron chi connectivity index (χ3n) is 4.38. The average molecular weight is 345 g/mol. The van der Waals surface area contributed by atoms with Crippen molar-refractivity contribution in [2.24, 2.45) is 0 Å². The monoisotopic (exact) mass is 345 g/mol. The molecule has 0 bridgehead atoms. The molecule has 26 heavy (non-hydrogen) atoms. The molecule has 0 aliphatic rings. The van der Waals surface area contributed by atoms with Gasteiger partial charge in [0, 0.05) is 22.4 Å². The van der Waals surface area contributed by atoms with Crippen LogP contribution in [-0.4, -0.2) is 5.91 Å². The summed E-state index contributed by atoms with van der Waals surface area (Å²) in [5, 5.41) is 5.25. The van der Waals surface area contributed by atoms with Gasteiger partial charge in [0.05, 0.1) is 0 Å². The van der Waals surface area contributed by atoms with Crippen molar-refractivity contribution in [2.45, 2.75) is 26.9 Å². The Hall–Kier alpha value is -2.91. The van der Waals surface area contributed by atoms with Crippen LogP contribution < -0.4 is 10.6 Å². The number of hydrogen-bond acceptors (Lipinski definition) is 1. The minimum atomic E-state index is -0.0780. The van der Waals surface area contributed by atoms with E-state index in [-0.39, 0.29) is 5.91 Å². The van der Waals surface area contributed by atoms with E-state index in [1.807, 2.05) is 49.4 Å². The van der Waals surface area contributed by atoms with Gasteiger partial charge in [0.2, 0.25) is 0 Å². The smallest absolute Gasteiger partial charge is 0.255 e. The van der Waals surface area contributed by atoms with E-state index in [0.29, 0.717) is 5.56 Å². The average Bonchev–Trinajstić information content (AvgIpc) is 2.64. The van der Waals surface area contributed by atoms with Crippen molar-refractivity contribution in [1.29, 1.82) is 0 Å². The highest BCUT2D eigenvalue weighted by atomic mass is 16.1. The number of nitrogens with two attached hydrogens (primary N) is 1. The first-order valence-electron chi connectivity index (χ1n) is 8.94. The molecule has 0 aromatic heterocycles. The van der Waals surface area contributed by atoms with E-state index in [9.17, 15) is 4.79 Å². The minimum Gasteiger partial charge on any atom is -0.339 e. The lowest BCUT2D eigenvalue weighted by Crippen LogP contribution is -2.80. The molecule has 0 radical (unpaired) electrons. The van der Waals surface area contributed by atoms with E-state index in [0.717, 1.165) is 24.3 Å². The fourth-order valence-corrected chi connectivity index (χ4v) is 2.81. The molecule has 0 saturated heterocycles. The number of rotatable bonds is 6. The Balaban J connectivity index is 1.56. The van der Waals surface area contributed by atoms with Crippen molar-refractivity contribution in [3.63, 3.8) is 0 Å². The lowest BCUT2D eigenvalue weighted by molar-refractivity contribution is -0.686. The molecule has 0 heterocycles. The molecule has 3 rings (SSSR count). The van der Waals surface area contributed by atoms with Crippen molar-refractivity contribution >= 4 is 11.6 Å². The normalized spacial score (nSPS) is 10.5. The maximum atomic E-state index is 12.3. The molecule has 0 spiro atoms. The van der Waals surface area contributed by atoms with Crippen LogP contribution in [0.25, 0.3) is 0 Å². The summed E-state index contributed by atoms with van der Waals surface area (Å²) < 4.78 is 0. The summed E-state index contributed by atoms with van der Waals surface area (Å²) in [6.45, 7) is 5.94. The number of anilines is 1. The van der Waals surface area contributed by atoms with Gasteiger partial charge in [-0.25, -0.2) is 0 Å². The molecular weight excluding hydrogens is 320 g/mol. The third kappa shape index (κ3) is 5.04. The van der Waals surface area contributed by atoms with E-state index in [2.05, 4.69) is 47.9 Å². The van der Waals surface area contributed by atoms with Gasteiger partial charge in [0.15, 0.2) is 0 Å². The minimum absolute atomic E-state index is 0.0780. The Labute approximate surface area is 155 Å². The van der Waals surface area contributed by atoms with Crippen molar-refractivity contribution in [2.75, 3.05) is 5.32 Å². The van der Waals surface area contributed by atoms with Crippen LogP contribution in [0, 0.1) is 13.8 Å². The highest BCUT2D eigenvalue weighted by Crippen LogP contribution is 2.12. The number of hydrogen-bond donors (Lipinski definition) is 2. The van der Waals surface area contributed by atoms with Gasteiger partial charge in [-0.15, -0.1) is 0 Å². The van der Waals surface area contributed by atoms with Gasteiger partial charge in [-0.1, -0.05) is 59.7 Å². The van der Waals surface area contributed by atoms with Crippen LogP contribution in [0.5, 0.6) is 0 Å². The number of quaternary nitrogens is 1. The zero-order valence-corrected chi connectivity index (χ0v) is 15.3. The maximum Gasteiger partial charge on any atom is 0.255 e. The Morgan fingerprint density at radius 3 is 2.12 bits per heavy atom. The topological polar surface area (TPSA) is 45.7 Å². The zero-order valence-electron chi connectivity index (χ0n) is 15.3. The second kappa shape index (κ2) is 8.45. The summed E-state index contributed by atoms with van der Waals surface area (Å²) in [5.41, 5.74) is 6.44. The van der Waals surface area contributed by atoms with Crippen molar-refractivity contribution < 1.29 is 10.1 Å². The Bertz CT molecular complexity index is 867. The van der Waals surface area contributed by atoms with Gasteiger partial charge in [-0.3, -0.25) is 4.79 Å². The number of carbonyl (C=O) groups excluding carboxylic acids is 1. The SMILES string of the molecule is Cc1ccc(C[NH2+]Cc2cccc(NC(=O)c3ccc(C)cc3)c2)cc1. The third-order valence-corrected chi connectivity index (χ3v) is 4.38. The van der Waals surface area contributed by atoms with Crippen molar-refractivity contribution in [1.82, 2.24) is 0 Å². The number of amides is 1. The molecule has 0 saturated carbocycles. The zero-order chi connectivity index (χ0) is 18.4. The first-order valence-corrected chi connectivity index (χ1v) is 8.94. The Morgan fingerprint density at radius 1 is 0.808 bits per heavy atom. The van der Waals surface area contributed by atoms with E-state index in [1.54, 1.807) is 0 Å². The molecule has 0 aliphatic heterocycles. The number of aryl methyl sites for hydroxylation is 2. The van der Waals surface area contributed by atoms with Crippen LogP contribution in [0.2, 0.25) is 0 Å². The van der Waals surface area contributed by atoms with Crippen molar-refractivity contribution in [3.8, 4) is 0 Å². The van der Waals surface area contributed by atoms with E-state index >= 15 is 0 Å². The summed E-state index contributed by atoms with van der Waals surface area (Å²) in [5.74, 6) is -0.0780. The number of benzene rings is 3. The molecule has 0 atom stereocenters. The van der Waals surface area contributed by atoms with E-state index in [1.165, 1.54) is 16.7 Å². The Kier molecular flexibility index (Phi) is 5.82. The highest BCUT2D eigenvalue weighted by molar-refractivity contribution is 6.04. The van der Waals surface area contributed by atoms with Crippen LogP contribution in [0.4, 0.5) is 5.69 Å². The largest absolute Gasteiger partial charge is 0.339 e. The predicted octanol–water partition coefficient (Wildman–Crippen LogP) is 3.82. The Morgan fingerprint density at radius 2 is 1.42 bits per heavy atom. The summed E-state index contributed by atoms with van der Waals surface area (Å²) in [6, 6.07) is 24.3. The second-order valence-corrected chi connectivity index (χ2v) is 6.70. The first kappa shape index (κ1) is 17.9. The molecule has 3 aromatic rings. The van der Waals surface area contributed by atoms with Gasteiger partial charge in [0.1, 0.15) is 13.1 Å². The number of carbonyl (C=O) groups is 1. The summed E-state index contributed by atoms with van der Waals surface area (Å²) >= 11 is 0. The summed E-state index contributed by atoms with van der Waals surface area (Å²) in [6.07, 6.45) is 0. The molecule has 3 aromatic carbocycles. The van der Waals surface area contributed by atoms with Gasteiger partial charge in [-0.05, 0) is 38.1 Å². The maximum absolute atomic E-state index is 12.3. The standard InChI is InChI=1S/C23H24N2O/c1-17-6-10-19(11-7-17)15-24-16-20-4-3-5-22(14-20)25-23(26)21-12-8-18(2)9-13-21/h3-14,24H,15-16H2,1-2H3,(H,25,26)/p+1. The lowest BCUT2D eigenvalue weighted by atomic mass is 10.1. The molecule has 3 N–H and O–H groups in total. The van der Waals surface area contributed by atoms with E-state index in [4.69, 9.17) is 0 Å². The molecule has 132 valence electrons. The van der Waals surface area contributed by atoms with Gasteiger partial charge >= 0.3 is 0 Å². The quantitative estimate of drug-likeness (QED) is 0.701. The highest BCUT2D eigenvalue weighted by Gasteiger charge is 2.06. The molecule has 0 aliphatic carbocycles. The summed E-state index contributed by atoms with van der Waals surface area (Å²) in [4.78, 5) is 12.3. The van der Waals surface area contributed by atoms with Crippen molar-refractivity contribution in [3.05, 3.63) is 101 Å². The number of nitrogens with one attached hydrogen (secondary N) is 1. The summed E-state index contributed by atoms with van der Waals surface area (Å²) in [7, 11) is 0. The first-order chi connectivity index (χ1) is 12.6. The van der Waals surface area contributed by atoms with Crippen LogP contribution in [-0.2, 0) is 13.1 Å². The van der Waals surface area contributed by atoms with E-state index < -0.39 is 0 Å². The lowest BCUT2D eigenvalue weighted by Gasteiger charge is -2.08.